The van der Waals surface area contributed by atoms with E-state index in [2.05, 4.69) is 5.32 Å². The summed E-state index contributed by atoms with van der Waals surface area (Å²) in [5.74, 6) is 1.96. The van der Waals surface area contributed by atoms with E-state index in [4.69, 9.17) is 9.15 Å². The van der Waals surface area contributed by atoms with Crippen LogP contribution in [0, 0.1) is 11.8 Å². The number of furan rings is 1. The summed E-state index contributed by atoms with van der Waals surface area (Å²) in [7, 11) is 0. The van der Waals surface area contributed by atoms with E-state index >= 15 is 0 Å². The highest BCUT2D eigenvalue weighted by molar-refractivity contribution is 5.84. The van der Waals surface area contributed by atoms with Gasteiger partial charge in [0.15, 0.2) is 11.3 Å². The molecule has 0 spiro atoms. The Hall–Kier alpha value is -2.50. The highest BCUT2D eigenvalue weighted by Crippen LogP contribution is 2.33. The second-order valence-electron chi connectivity index (χ2n) is 7.86. The Kier molecular flexibility index (Phi) is 5.29. The predicted molar refractivity (Wildman–Crippen MR) is 106 cm³/mol. The van der Waals surface area contributed by atoms with Gasteiger partial charge in [-0.2, -0.15) is 0 Å². The lowest BCUT2D eigenvalue weighted by Gasteiger charge is -2.32. The molecule has 0 radical (unpaired) electrons. The molecule has 2 amide bonds. The van der Waals surface area contributed by atoms with Gasteiger partial charge in [-0.3, -0.25) is 9.59 Å². The monoisotopic (exact) mass is 384 g/mol. The number of carbonyl (C=O) groups excluding carboxylic acids is 2. The molecule has 6 nitrogen and oxygen atoms in total. The van der Waals surface area contributed by atoms with Crippen LogP contribution in [0.2, 0.25) is 0 Å². The number of benzene rings is 1. The number of hydrogen-bond acceptors (Lipinski definition) is 4. The average molecular weight is 384 g/mol. The molecule has 1 atom stereocenters. The Labute approximate surface area is 165 Å². The number of piperidine rings is 1. The number of nitrogens with zero attached hydrogens (tertiary/aromatic N) is 1. The third-order valence-electron chi connectivity index (χ3n) is 5.72. The number of likely N-dealkylation sites (tertiary alicyclic amines) is 1. The molecule has 6 heteroatoms. The van der Waals surface area contributed by atoms with Crippen LogP contribution >= 0.6 is 0 Å². The van der Waals surface area contributed by atoms with E-state index in [0.717, 1.165) is 42.6 Å². The lowest BCUT2D eigenvalue weighted by atomic mass is 9.95. The van der Waals surface area contributed by atoms with E-state index in [1.54, 1.807) is 0 Å². The molecule has 2 heterocycles. The van der Waals surface area contributed by atoms with Crippen molar-refractivity contribution in [2.24, 2.45) is 11.8 Å². The highest BCUT2D eigenvalue weighted by atomic mass is 16.5. The molecule has 150 valence electrons. The van der Waals surface area contributed by atoms with Gasteiger partial charge in [-0.05, 0) is 51.7 Å². The second-order valence-corrected chi connectivity index (χ2v) is 7.86. The van der Waals surface area contributed by atoms with Crippen molar-refractivity contribution in [3.8, 4) is 5.75 Å². The normalized spacial score (nSPS) is 18.9. The first-order valence-electron chi connectivity index (χ1n) is 10.3. The summed E-state index contributed by atoms with van der Waals surface area (Å²) in [4.78, 5) is 26.8. The molecule has 1 aliphatic carbocycles. The van der Waals surface area contributed by atoms with Gasteiger partial charge in [0, 0.05) is 30.3 Å². The minimum Gasteiger partial charge on any atom is -0.490 e. The molecule has 2 aliphatic rings. The van der Waals surface area contributed by atoms with Crippen molar-refractivity contribution in [2.75, 3.05) is 19.7 Å². The fraction of sp³-hybridized carbons (Fsp3) is 0.545. The van der Waals surface area contributed by atoms with Gasteiger partial charge in [0.25, 0.3) is 0 Å². The summed E-state index contributed by atoms with van der Waals surface area (Å²) in [5.41, 5.74) is 0.715. The number of hydrogen-bond donors (Lipinski definition) is 1. The number of amides is 2. The molecule has 2 aromatic rings. The number of fused-ring (bicyclic) bond motifs is 1. The summed E-state index contributed by atoms with van der Waals surface area (Å²) in [6.45, 7) is 5.81. The van der Waals surface area contributed by atoms with E-state index in [-0.39, 0.29) is 29.7 Å². The Morgan fingerprint density at radius 2 is 1.96 bits per heavy atom. The van der Waals surface area contributed by atoms with Crippen molar-refractivity contribution < 1.29 is 18.7 Å². The zero-order valence-corrected chi connectivity index (χ0v) is 16.6. The molecular formula is C22H28N2O4. The molecule has 1 aromatic carbocycles. The minimum absolute atomic E-state index is 0.0384. The fourth-order valence-electron chi connectivity index (χ4n) is 3.89. The van der Waals surface area contributed by atoms with Gasteiger partial charge in [0.2, 0.25) is 11.8 Å². The Bertz CT molecular complexity index is 863. The van der Waals surface area contributed by atoms with Gasteiger partial charge in [-0.1, -0.05) is 12.1 Å². The lowest BCUT2D eigenvalue weighted by molar-refractivity contribution is -0.136. The number of nitrogens with one attached hydrogen (secondary N) is 1. The van der Waals surface area contributed by atoms with Crippen molar-refractivity contribution in [3.63, 3.8) is 0 Å². The maximum absolute atomic E-state index is 12.7. The van der Waals surface area contributed by atoms with Crippen LogP contribution in [0.3, 0.4) is 0 Å². The van der Waals surface area contributed by atoms with Gasteiger partial charge < -0.3 is 19.4 Å². The minimum atomic E-state index is -0.222. The van der Waals surface area contributed by atoms with E-state index < -0.39 is 0 Å². The van der Waals surface area contributed by atoms with Crippen molar-refractivity contribution in [1.82, 2.24) is 10.2 Å². The number of para-hydroxylation sites is 1. The van der Waals surface area contributed by atoms with Crippen LogP contribution in [0.25, 0.3) is 11.0 Å². The zero-order valence-electron chi connectivity index (χ0n) is 16.6. The van der Waals surface area contributed by atoms with E-state index in [1.807, 2.05) is 43.0 Å². The molecular weight excluding hydrogens is 356 g/mol. The maximum Gasteiger partial charge on any atom is 0.225 e. The second kappa shape index (κ2) is 7.86. The van der Waals surface area contributed by atoms with Gasteiger partial charge in [-0.25, -0.2) is 0 Å². The summed E-state index contributed by atoms with van der Waals surface area (Å²) in [6.07, 6.45) is 3.51. The molecule has 28 heavy (non-hydrogen) atoms. The summed E-state index contributed by atoms with van der Waals surface area (Å²) >= 11 is 0. The summed E-state index contributed by atoms with van der Waals surface area (Å²) in [6, 6.07) is 7.54. The van der Waals surface area contributed by atoms with Crippen LogP contribution < -0.4 is 10.1 Å². The molecule has 0 bridgehead atoms. The zero-order chi connectivity index (χ0) is 19.7. The van der Waals surface area contributed by atoms with E-state index in [1.165, 1.54) is 0 Å². The quantitative estimate of drug-likeness (QED) is 0.825. The van der Waals surface area contributed by atoms with Gasteiger partial charge in [0.1, 0.15) is 5.76 Å². The molecule has 2 fully saturated rings. The average Bonchev–Trinajstić information content (AvgIpc) is 3.46. The van der Waals surface area contributed by atoms with Crippen LogP contribution in [-0.4, -0.2) is 36.4 Å². The van der Waals surface area contributed by atoms with Crippen LogP contribution in [0.1, 0.15) is 51.3 Å². The highest BCUT2D eigenvalue weighted by Gasteiger charge is 2.36. The first-order chi connectivity index (χ1) is 13.6. The Balaban J connectivity index is 1.36. The Morgan fingerprint density at radius 3 is 2.64 bits per heavy atom. The topological polar surface area (TPSA) is 71.8 Å². The van der Waals surface area contributed by atoms with Crippen LogP contribution in [-0.2, 0) is 9.59 Å². The molecule has 4 rings (SSSR count). The van der Waals surface area contributed by atoms with E-state index in [9.17, 15) is 9.59 Å². The fourth-order valence-corrected chi connectivity index (χ4v) is 3.89. The van der Waals surface area contributed by atoms with Gasteiger partial charge in [0.05, 0.1) is 12.6 Å². The molecule has 1 unspecified atom stereocenters. The largest absolute Gasteiger partial charge is 0.490 e. The van der Waals surface area contributed by atoms with E-state index in [0.29, 0.717) is 25.3 Å². The molecule has 1 aromatic heterocycles. The summed E-state index contributed by atoms with van der Waals surface area (Å²) in [5, 5.41) is 4.05. The van der Waals surface area contributed by atoms with Gasteiger partial charge in [-0.15, -0.1) is 0 Å². The third kappa shape index (κ3) is 3.86. The predicted octanol–water partition coefficient (Wildman–Crippen LogP) is 3.66. The van der Waals surface area contributed by atoms with Crippen LogP contribution in [0.15, 0.2) is 28.7 Å². The molecule has 1 saturated heterocycles. The molecule has 1 saturated carbocycles. The van der Waals surface area contributed by atoms with Crippen molar-refractivity contribution in [2.45, 2.75) is 45.6 Å². The third-order valence-corrected chi connectivity index (χ3v) is 5.72. The number of carbonyl (C=O) groups is 2. The Morgan fingerprint density at radius 1 is 1.21 bits per heavy atom. The number of ether oxygens (including phenoxy) is 1. The summed E-state index contributed by atoms with van der Waals surface area (Å²) < 4.78 is 11.6. The molecule has 1 N–H and O–H groups in total. The van der Waals surface area contributed by atoms with Crippen LogP contribution in [0.4, 0.5) is 0 Å². The van der Waals surface area contributed by atoms with Gasteiger partial charge >= 0.3 is 0 Å². The molecule has 1 aliphatic heterocycles. The first-order valence-corrected chi connectivity index (χ1v) is 10.3. The van der Waals surface area contributed by atoms with Crippen molar-refractivity contribution in [3.05, 3.63) is 30.0 Å². The standard InChI is InChI=1S/C22H28N2O4/c1-3-27-18-6-4-5-17-13-19(28-20(17)18)14(2)23-21(25)15-9-11-24(12-10-15)22(26)16-7-8-16/h4-6,13-16H,3,7-12H2,1-2H3,(H,23,25). The van der Waals surface area contributed by atoms with Crippen molar-refractivity contribution >= 4 is 22.8 Å². The van der Waals surface area contributed by atoms with Crippen molar-refractivity contribution in [1.29, 1.82) is 0 Å². The van der Waals surface area contributed by atoms with Crippen LogP contribution in [0.5, 0.6) is 5.75 Å². The lowest BCUT2D eigenvalue weighted by Crippen LogP contribution is -2.43. The smallest absolute Gasteiger partial charge is 0.225 e. The first kappa shape index (κ1) is 18.8. The maximum atomic E-state index is 12.7. The number of rotatable bonds is 6. The SMILES string of the molecule is CCOc1cccc2cc(C(C)NC(=O)C3CCN(C(=O)C4CC4)CC3)oc12.